The van der Waals surface area contributed by atoms with Crippen molar-refractivity contribution in [2.24, 2.45) is 0 Å². The summed E-state index contributed by atoms with van der Waals surface area (Å²) in [6.45, 7) is 9.68. The van der Waals surface area contributed by atoms with E-state index in [-0.39, 0.29) is 0 Å². The van der Waals surface area contributed by atoms with Crippen LogP contribution in [-0.2, 0) is 13.1 Å². The lowest BCUT2D eigenvalue weighted by Gasteiger charge is -2.32. The van der Waals surface area contributed by atoms with Crippen LogP contribution >= 0.6 is 0 Å². The lowest BCUT2D eigenvalue weighted by Crippen LogP contribution is -2.39. The molecule has 0 unspecified atom stereocenters. The van der Waals surface area contributed by atoms with E-state index in [2.05, 4.69) is 79.6 Å². The van der Waals surface area contributed by atoms with E-state index in [1.54, 1.807) is 6.20 Å². The molecule has 4 rings (SSSR count). The van der Waals surface area contributed by atoms with Gasteiger partial charge in [0, 0.05) is 57.7 Å². The molecule has 8 nitrogen and oxygen atoms in total. The minimum Gasteiger partial charge on any atom is -0.351 e. The third-order valence-corrected chi connectivity index (χ3v) is 6.01. The highest BCUT2D eigenvalue weighted by molar-refractivity contribution is 5.44. The predicted octanol–water partition coefficient (Wildman–Crippen LogP) is 3.80. The summed E-state index contributed by atoms with van der Waals surface area (Å²) in [5, 5.41) is 6.92. The summed E-state index contributed by atoms with van der Waals surface area (Å²) < 4.78 is 0. The van der Waals surface area contributed by atoms with Crippen molar-refractivity contribution in [1.82, 2.24) is 24.8 Å². The van der Waals surface area contributed by atoms with Crippen molar-refractivity contribution >= 4 is 17.8 Å². The van der Waals surface area contributed by atoms with Gasteiger partial charge in [-0.2, -0.15) is 15.0 Å². The predicted molar refractivity (Wildman–Crippen MR) is 133 cm³/mol. The van der Waals surface area contributed by atoms with Gasteiger partial charge in [0.25, 0.3) is 0 Å². The van der Waals surface area contributed by atoms with Crippen LogP contribution in [-0.4, -0.2) is 57.1 Å². The van der Waals surface area contributed by atoms with E-state index in [1.165, 1.54) is 5.56 Å². The largest absolute Gasteiger partial charge is 0.351 e. The molecule has 0 saturated carbocycles. The fourth-order valence-corrected chi connectivity index (χ4v) is 4.10. The molecule has 1 aliphatic heterocycles. The van der Waals surface area contributed by atoms with Crippen LogP contribution in [0.5, 0.6) is 0 Å². The Balaban J connectivity index is 1.40. The van der Waals surface area contributed by atoms with Gasteiger partial charge < -0.3 is 15.5 Å². The van der Waals surface area contributed by atoms with Crippen molar-refractivity contribution in [2.75, 3.05) is 41.7 Å². The quantitative estimate of drug-likeness (QED) is 0.487. The number of likely N-dealkylation sites (tertiary alicyclic amines) is 1. The van der Waals surface area contributed by atoms with Crippen molar-refractivity contribution in [3.05, 3.63) is 66.0 Å². The van der Waals surface area contributed by atoms with Gasteiger partial charge in [-0.25, -0.2) is 0 Å². The number of aromatic nitrogens is 4. The number of hydrogen-bond donors (Lipinski definition) is 2. The van der Waals surface area contributed by atoms with E-state index in [0.29, 0.717) is 30.4 Å². The molecule has 2 aromatic heterocycles. The molecule has 0 radical (unpaired) electrons. The molecule has 3 aromatic rings. The molecule has 1 aliphatic rings. The highest BCUT2D eigenvalue weighted by atomic mass is 15.3. The van der Waals surface area contributed by atoms with Crippen LogP contribution in [0.3, 0.4) is 0 Å². The molecule has 0 aliphatic carbocycles. The molecule has 33 heavy (non-hydrogen) atoms. The number of piperidine rings is 1. The van der Waals surface area contributed by atoms with Crippen molar-refractivity contribution in [1.29, 1.82) is 0 Å². The molecule has 1 fully saturated rings. The van der Waals surface area contributed by atoms with Gasteiger partial charge in [-0.3, -0.25) is 9.88 Å². The molecule has 8 heteroatoms. The van der Waals surface area contributed by atoms with Crippen molar-refractivity contribution in [2.45, 2.75) is 45.8 Å². The molecule has 0 bridgehead atoms. The monoisotopic (exact) mass is 446 g/mol. The third-order valence-electron chi connectivity index (χ3n) is 6.01. The number of pyridine rings is 1. The number of nitrogens with one attached hydrogen (secondary N) is 2. The van der Waals surface area contributed by atoms with E-state index in [0.717, 1.165) is 51.1 Å². The number of nitrogens with zero attached hydrogens (tertiary/aromatic N) is 6. The molecule has 2 N–H and O–H groups in total. The summed E-state index contributed by atoms with van der Waals surface area (Å²) in [7, 11) is 0. The van der Waals surface area contributed by atoms with Crippen molar-refractivity contribution in [3.8, 4) is 0 Å². The Bertz CT molecular complexity index is 970. The lowest BCUT2D eigenvalue weighted by atomic mass is 10.0. The van der Waals surface area contributed by atoms with E-state index in [4.69, 9.17) is 4.98 Å². The summed E-state index contributed by atoms with van der Waals surface area (Å²) in [6.07, 6.45) is 5.76. The highest BCUT2D eigenvalue weighted by Gasteiger charge is 2.21. The third kappa shape index (κ3) is 6.61. The van der Waals surface area contributed by atoms with Gasteiger partial charge in [-0.05, 0) is 43.9 Å². The molecular formula is C25H34N8. The van der Waals surface area contributed by atoms with E-state index >= 15 is 0 Å². The first kappa shape index (κ1) is 22.9. The number of anilines is 3. The zero-order valence-corrected chi connectivity index (χ0v) is 19.6. The average Bonchev–Trinajstić information content (AvgIpc) is 2.86. The Morgan fingerprint density at radius 1 is 0.909 bits per heavy atom. The average molecular weight is 447 g/mol. The smallest absolute Gasteiger partial charge is 0.231 e. The van der Waals surface area contributed by atoms with Crippen LogP contribution in [0.25, 0.3) is 0 Å². The SMILES string of the molecule is CCN(CC)c1nc(NCc2cccnc2)nc(NC2CCN(Cc3ccccc3)CC2)n1. The van der Waals surface area contributed by atoms with Crippen LogP contribution in [0.15, 0.2) is 54.9 Å². The first-order chi connectivity index (χ1) is 16.2. The molecule has 0 atom stereocenters. The summed E-state index contributed by atoms with van der Waals surface area (Å²) in [5.41, 5.74) is 2.46. The van der Waals surface area contributed by atoms with E-state index < -0.39 is 0 Å². The molecule has 174 valence electrons. The van der Waals surface area contributed by atoms with Crippen LogP contribution < -0.4 is 15.5 Å². The van der Waals surface area contributed by atoms with E-state index in [9.17, 15) is 0 Å². The first-order valence-corrected chi connectivity index (χ1v) is 11.9. The van der Waals surface area contributed by atoms with Crippen LogP contribution in [0.2, 0.25) is 0 Å². The minimum absolute atomic E-state index is 0.357. The fourth-order valence-electron chi connectivity index (χ4n) is 4.10. The lowest BCUT2D eigenvalue weighted by molar-refractivity contribution is 0.211. The Kier molecular flexibility index (Phi) is 8.03. The van der Waals surface area contributed by atoms with Gasteiger partial charge in [-0.15, -0.1) is 0 Å². The standard InChI is InChI=1S/C25H34N8/c1-3-33(4-2)25-30-23(27-18-21-11-8-14-26-17-21)29-24(31-25)28-22-12-15-32(16-13-22)19-20-9-6-5-7-10-20/h5-11,14,17,22H,3-4,12-13,15-16,18-19H2,1-2H3,(H2,27,28,29,30,31). The highest BCUT2D eigenvalue weighted by Crippen LogP contribution is 2.19. The summed E-state index contributed by atoms with van der Waals surface area (Å²) >= 11 is 0. The normalized spacial score (nSPS) is 14.7. The van der Waals surface area contributed by atoms with Gasteiger partial charge in [0.1, 0.15) is 0 Å². The summed E-state index contributed by atoms with van der Waals surface area (Å²) in [4.78, 5) is 22.9. The second-order valence-electron chi connectivity index (χ2n) is 8.35. The van der Waals surface area contributed by atoms with E-state index in [1.807, 2.05) is 18.3 Å². The summed E-state index contributed by atoms with van der Waals surface area (Å²) in [6, 6.07) is 15.0. The van der Waals surface area contributed by atoms with Crippen LogP contribution in [0.1, 0.15) is 37.8 Å². The van der Waals surface area contributed by atoms with Gasteiger partial charge in [-0.1, -0.05) is 36.4 Å². The van der Waals surface area contributed by atoms with Gasteiger partial charge in [0.15, 0.2) is 0 Å². The Hall–Kier alpha value is -3.26. The van der Waals surface area contributed by atoms with Gasteiger partial charge in [0.2, 0.25) is 17.8 Å². The Morgan fingerprint density at radius 2 is 1.64 bits per heavy atom. The van der Waals surface area contributed by atoms with Crippen LogP contribution in [0, 0.1) is 0 Å². The minimum atomic E-state index is 0.357. The summed E-state index contributed by atoms with van der Waals surface area (Å²) in [5.74, 6) is 1.93. The first-order valence-electron chi connectivity index (χ1n) is 11.9. The van der Waals surface area contributed by atoms with Gasteiger partial charge >= 0.3 is 0 Å². The maximum atomic E-state index is 4.74. The molecule has 1 aromatic carbocycles. The molecule has 1 saturated heterocycles. The number of rotatable bonds is 10. The molecule has 0 spiro atoms. The Labute approximate surface area is 196 Å². The molecular weight excluding hydrogens is 412 g/mol. The Morgan fingerprint density at radius 3 is 2.33 bits per heavy atom. The molecule has 0 amide bonds. The number of hydrogen-bond acceptors (Lipinski definition) is 8. The zero-order valence-electron chi connectivity index (χ0n) is 19.6. The van der Waals surface area contributed by atoms with Crippen LogP contribution in [0.4, 0.5) is 17.8 Å². The zero-order chi connectivity index (χ0) is 22.9. The second-order valence-corrected chi connectivity index (χ2v) is 8.35. The second kappa shape index (κ2) is 11.6. The number of benzene rings is 1. The fraction of sp³-hybridized carbons (Fsp3) is 0.440. The van der Waals surface area contributed by atoms with Gasteiger partial charge in [0.05, 0.1) is 0 Å². The maximum Gasteiger partial charge on any atom is 0.231 e. The van der Waals surface area contributed by atoms with Crippen molar-refractivity contribution < 1.29 is 0 Å². The maximum absolute atomic E-state index is 4.74. The molecule has 3 heterocycles. The topological polar surface area (TPSA) is 82.1 Å². The van der Waals surface area contributed by atoms with Crippen molar-refractivity contribution in [3.63, 3.8) is 0 Å².